The molecule has 1 unspecified atom stereocenters. The maximum atomic E-state index is 11.4. The van der Waals surface area contributed by atoms with E-state index in [0.29, 0.717) is 5.92 Å². The van der Waals surface area contributed by atoms with Crippen LogP contribution in [0.2, 0.25) is 0 Å². The quantitative estimate of drug-likeness (QED) is 0.880. The molecule has 2 aliphatic heterocycles. The molecule has 0 aromatic carbocycles. The van der Waals surface area contributed by atoms with Crippen LogP contribution in [0.4, 0.5) is 5.82 Å². The van der Waals surface area contributed by atoms with E-state index in [1.165, 1.54) is 12.8 Å². The van der Waals surface area contributed by atoms with Crippen LogP contribution >= 0.6 is 0 Å². The number of piperazine rings is 1. The molecule has 120 valence electrons. The van der Waals surface area contributed by atoms with Gasteiger partial charge in [-0.1, -0.05) is 0 Å². The highest BCUT2D eigenvalue weighted by atomic mass is 16.2. The van der Waals surface area contributed by atoms with Gasteiger partial charge in [-0.15, -0.1) is 0 Å². The van der Waals surface area contributed by atoms with Crippen molar-refractivity contribution < 1.29 is 4.79 Å². The number of amides is 1. The monoisotopic (exact) mass is 303 g/mol. The molecule has 0 saturated carbocycles. The second-order valence-corrected chi connectivity index (χ2v) is 6.23. The number of nitrogens with one attached hydrogen (secondary N) is 1. The number of nitrogens with zero attached hydrogens (tertiary/aromatic N) is 4. The van der Waals surface area contributed by atoms with Crippen LogP contribution in [0.3, 0.4) is 0 Å². The highest BCUT2D eigenvalue weighted by Crippen LogP contribution is 2.25. The molecule has 1 aromatic rings. The van der Waals surface area contributed by atoms with Crippen molar-refractivity contribution in [1.29, 1.82) is 0 Å². The van der Waals surface area contributed by atoms with Crippen LogP contribution in [0.15, 0.2) is 6.07 Å². The zero-order valence-electron chi connectivity index (χ0n) is 13.5. The minimum atomic E-state index is 0.160. The number of anilines is 1. The van der Waals surface area contributed by atoms with Crippen molar-refractivity contribution in [3.05, 3.63) is 17.6 Å². The predicted octanol–water partition coefficient (Wildman–Crippen LogP) is 0.921. The number of hydrogen-bond donors (Lipinski definition) is 1. The molecule has 1 amide bonds. The topological polar surface area (TPSA) is 61.4 Å². The molecule has 3 rings (SSSR count). The molecule has 6 heteroatoms. The normalized spacial score (nSPS) is 22.7. The fraction of sp³-hybridized carbons (Fsp3) is 0.688. The maximum absolute atomic E-state index is 11.4. The molecule has 0 spiro atoms. The van der Waals surface area contributed by atoms with Gasteiger partial charge in [-0.2, -0.15) is 0 Å². The van der Waals surface area contributed by atoms with Crippen LogP contribution in [0.5, 0.6) is 0 Å². The zero-order chi connectivity index (χ0) is 15.5. The average Bonchev–Trinajstić information content (AvgIpc) is 2.55. The summed E-state index contributed by atoms with van der Waals surface area (Å²) in [6.07, 6.45) is 2.40. The molecule has 1 N–H and O–H groups in total. The summed E-state index contributed by atoms with van der Waals surface area (Å²) in [6, 6.07) is 2.15. The Morgan fingerprint density at radius 3 is 2.68 bits per heavy atom. The molecule has 0 bridgehead atoms. The molecule has 0 aliphatic carbocycles. The summed E-state index contributed by atoms with van der Waals surface area (Å²) in [6.45, 7) is 8.97. The molecule has 6 nitrogen and oxygen atoms in total. The van der Waals surface area contributed by atoms with Gasteiger partial charge in [-0.3, -0.25) is 4.79 Å². The molecule has 2 fully saturated rings. The third-order valence-electron chi connectivity index (χ3n) is 4.61. The summed E-state index contributed by atoms with van der Waals surface area (Å²) in [4.78, 5) is 24.9. The Bertz CT molecular complexity index is 533. The molecule has 22 heavy (non-hydrogen) atoms. The number of hydrogen-bond acceptors (Lipinski definition) is 5. The first-order valence-corrected chi connectivity index (χ1v) is 8.20. The van der Waals surface area contributed by atoms with Crippen molar-refractivity contribution in [2.24, 2.45) is 0 Å². The second-order valence-electron chi connectivity index (χ2n) is 6.23. The first kappa shape index (κ1) is 15.2. The fourth-order valence-electron chi connectivity index (χ4n) is 3.30. The summed E-state index contributed by atoms with van der Waals surface area (Å²) in [5, 5.41) is 3.45. The Balaban J connectivity index is 1.74. The van der Waals surface area contributed by atoms with Crippen LogP contribution in [-0.2, 0) is 4.79 Å². The lowest BCUT2D eigenvalue weighted by molar-refractivity contribution is -0.129. The third-order valence-corrected chi connectivity index (χ3v) is 4.61. The van der Waals surface area contributed by atoms with E-state index < -0.39 is 0 Å². The maximum Gasteiger partial charge on any atom is 0.219 e. The van der Waals surface area contributed by atoms with Gasteiger partial charge in [0.25, 0.3) is 0 Å². The van der Waals surface area contributed by atoms with Crippen LogP contribution in [0, 0.1) is 6.92 Å². The lowest BCUT2D eigenvalue weighted by Crippen LogP contribution is -2.48. The number of aromatic nitrogens is 2. The molecular formula is C16H25N5O. The number of rotatable bonds is 2. The van der Waals surface area contributed by atoms with E-state index in [-0.39, 0.29) is 5.91 Å². The lowest BCUT2D eigenvalue weighted by Gasteiger charge is -2.35. The van der Waals surface area contributed by atoms with E-state index in [2.05, 4.69) is 26.3 Å². The molecule has 1 atom stereocenters. The van der Waals surface area contributed by atoms with E-state index in [9.17, 15) is 4.79 Å². The third kappa shape index (κ3) is 3.38. The molecule has 0 radical (unpaired) electrons. The van der Waals surface area contributed by atoms with E-state index in [1.54, 1.807) is 6.92 Å². The van der Waals surface area contributed by atoms with Crippen molar-refractivity contribution in [2.45, 2.75) is 32.6 Å². The Hall–Kier alpha value is -1.69. The predicted molar refractivity (Wildman–Crippen MR) is 86.1 cm³/mol. The van der Waals surface area contributed by atoms with E-state index in [1.807, 2.05) is 11.8 Å². The summed E-state index contributed by atoms with van der Waals surface area (Å²) >= 11 is 0. The fourth-order valence-corrected chi connectivity index (χ4v) is 3.30. The number of piperidine rings is 1. The van der Waals surface area contributed by atoms with Gasteiger partial charge in [-0.05, 0) is 26.3 Å². The molecule has 2 aliphatic rings. The standard InChI is InChI=1S/C16H25N5O/c1-12-18-15(14-4-3-5-17-11-14)10-16(19-12)21-8-6-20(7-9-21)13(2)22/h10,14,17H,3-9,11H2,1-2H3. The van der Waals surface area contributed by atoms with Gasteiger partial charge in [0.15, 0.2) is 0 Å². The van der Waals surface area contributed by atoms with Crippen LogP contribution in [0.1, 0.15) is 37.2 Å². The van der Waals surface area contributed by atoms with Crippen LogP contribution < -0.4 is 10.2 Å². The first-order chi connectivity index (χ1) is 10.6. The van der Waals surface area contributed by atoms with Gasteiger partial charge in [0.05, 0.1) is 5.69 Å². The van der Waals surface area contributed by atoms with E-state index in [0.717, 1.165) is 56.6 Å². The summed E-state index contributed by atoms with van der Waals surface area (Å²) < 4.78 is 0. The van der Waals surface area contributed by atoms with Gasteiger partial charge in [0.1, 0.15) is 11.6 Å². The molecule has 2 saturated heterocycles. The van der Waals surface area contributed by atoms with Gasteiger partial charge in [-0.25, -0.2) is 9.97 Å². The zero-order valence-corrected chi connectivity index (χ0v) is 13.5. The van der Waals surface area contributed by atoms with Gasteiger partial charge in [0, 0.05) is 51.6 Å². The minimum Gasteiger partial charge on any atom is -0.353 e. The highest BCUT2D eigenvalue weighted by molar-refractivity contribution is 5.73. The van der Waals surface area contributed by atoms with E-state index in [4.69, 9.17) is 0 Å². The minimum absolute atomic E-state index is 0.160. The lowest BCUT2D eigenvalue weighted by atomic mass is 9.96. The van der Waals surface area contributed by atoms with Crippen molar-refractivity contribution >= 4 is 11.7 Å². The number of carbonyl (C=O) groups is 1. The van der Waals surface area contributed by atoms with Crippen molar-refractivity contribution in [2.75, 3.05) is 44.2 Å². The largest absolute Gasteiger partial charge is 0.353 e. The molecule has 1 aromatic heterocycles. The summed E-state index contributed by atoms with van der Waals surface area (Å²) in [7, 11) is 0. The smallest absolute Gasteiger partial charge is 0.219 e. The Morgan fingerprint density at radius 2 is 2.05 bits per heavy atom. The average molecular weight is 303 g/mol. The molecular weight excluding hydrogens is 278 g/mol. The van der Waals surface area contributed by atoms with Gasteiger partial charge < -0.3 is 15.1 Å². The van der Waals surface area contributed by atoms with Crippen LogP contribution in [0.25, 0.3) is 0 Å². The Kier molecular flexibility index (Phi) is 4.57. The number of carbonyl (C=O) groups excluding carboxylic acids is 1. The van der Waals surface area contributed by atoms with Crippen LogP contribution in [-0.4, -0.2) is 60.0 Å². The SMILES string of the molecule is CC(=O)N1CCN(c2cc(C3CCCNC3)nc(C)n2)CC1. The molecule has 3 heterocycles. The first-order valence-electron chi connectivity index (χ1n) is 8.20. The van der Waals surface area contributed by atoms with E-state index >= 15 is 0 Å². The van der Waals surface area contributed by atoms with Gasteiger partial charge >= 0.3 is 0 Å². The summed E-state index contributed by atoms with van der Waals surface area (Å²) in [5.41, 5.74) is 1.16. The van der Waals surface area contributed by atoms with Gasteiger partial charge in [0.2, 0.25) is 5.91 Å². The summed E-state index contributed by atoms with van der Waals surface area (Å²) in [5.74, 6) is 2.50. The number of aryl methyl sites for hydroxylation is 1. The second kappa shape index (κ2) is 6.60. The highest BCUT2D eigenvalue weighted by Gasteiger charge is 2.22. The van der Waals surface area contributed by atoms with Crippen molar-refractivity contribution in [1.82, 2.24) is 20.2 Å². The Labute approximate surface area is 131 Å². The van der Waals surface area contributed by atoms with Crippen molar-refractivity contribution in [3.8, 4) is 0 Å². The van der Waals surface area contributed by atoms with Crippen molar-refractivity contribution in [3.63, 3.8) is 0 Å². The Morgan fingerprint density at radius 1 is 1.27 bits per heavy atom.